The largest absolute Gasteiger partial charge is 0.431 e. The highest BCUT2D eigenvalue weighted by Crippen LogP contribution is 2.26. The molecule has 1 saturated heterocycles. The van der Waals surface area contributed by atoms with Gasteiger partial charge in [-0.05, 0) is 50.7 Å². The van der Waals surface area contributed by atoms with E-state index in [1.807, 2.05) is 0 Å². The molecule has 2 heterocycles. The van der Waals surface area contributed by atoms with Crippen molar-refractivity contribution in [3.8, 4) is 0 Å². The number of likely N-dealkylation sites (tertiary alicyclic amines) is 1. The van der Waals surface area contributed by atoms with Gasteiger partial charge in [-0.15, -0.1) is 0 Å². The number of carbonyl (C=O) groups excluding carboxylic acids is 2. The van der Waals surface area contributed by atoms with Crippen LogP contribution in [0.1, 0.15) is 28.9 Å². The maximum absolute atomic E-state index is 12.3. The lowest BCUT2D eigenvalue weighted by atomic mass is 10.1. The predicted octanol–water partition coefficient (Wildman–Crippen LogP) is 0.927. The van der Waals surface area contributed by atoms with Crippen LogP contribution in [-0.2, 0) is 4.79 Å². The highest BCUT2D eigenvalue weighted by molar-refractivity contribution is 6.34. The number of anilines is 2. The predicted molar refractivity (Wildman–Crippen MR) is 123 cm³/mol. The Morgan fingerprint density at radius 2 is 2.16 bits per heavy atom. The van der Waals surface area contributed by atoms with Crippen LogP contribution in [0.4, 0.5) is 11.7 Å². The van der Waals surface area contributed by atoms with E-state index in [2.05, 4.69) is 27.6 Å². The van der Waals surface area contributed by atoms with Crippen LogP contribution in [0.15, 0.2) is 35.1 Å². The third-order valence-corrected chi connectivity index (χ3v) is 5.47. The van der Waals surface area contributed by atoms with E-state index in [0.717, 1.165) is 32.2 Å². The summed E-state index contributed by atoms with van der Waals surface area (Å²) in [6.45, 7) is 2.17. The fourth-order valence-electron chi connectivity index (χ4n) is 3.34. The molecule has 1 fully saturated rings. The minimum atomic E-state index is -0.526. The Balaban J connectivity index is 1.60. The van der Waals surface area contributed by atoms with Gasteiger partial charge in [-0.3, -0.25) is 9.59 Å². The van der Waals surface area contributed by atoms with Crippen molar-refractivity contribution in [3.63, 3.8) is 0 Å². The van der Waals surface area contributed by atoms with E-state index >= 15 is 0 Å². The maximum atomic E-state index is 12.3. The normalized spacial score (nSPS) is 15.4. The van der Waals surface area contributed by atoms with E-state index < -0.39 is 5.91 Å². The van der Waals surface area contributed by atoms with Gasteiger partial charge in [-0.25, -0.2) is 0 Å². The minimum absolute atomic E-state index is 0.0238. The topological polar surface area (TPSA) is 154 Å². The molecule has 32 heavy (non-hydrogen) atoms. The first-order chi connectivity index (χ1) is 15.4. The first kappa shape index (κ1) is 23.5. The van der Waals surface area contributed by atoms with Crippen LogP contribution in [0.25, 0.3) is 5.57 Å². The summed E-state index contributed by atoms with van der Waals surface area (Å²) in [4.78, 5) is 30.5. The molecule has 0 saturated carbocycles. The van der Waals surface area contributed by atoms with E-state index in [1.165, 1.54) is 6.21 Å². The molecule has 10 nitrogen and oxygen atoms in total. The van der Waals surface area contributed by atoms with Crippen LogP contribution < -0.4 is 21.7 Å². The molecule has 2 aromatic rings. The van der Waals surface area contributed by atoms with Crippen molar-refractivity contribution in [2.75, 3.05) is 37.7 Å². The molecule has 0 spiro atoms. The van der Waals surface area contributed by atoms with Crippen molar-refractivity contribution < 1.29 is 19.3 Å². The first-order valence-corrected chi connectivity index (χ1v) is 10.6. The molecule has 0 aliphatic carbocycles. The maximum Gasteiger partial charge on any atom is 0.292 e. The van der Waals surface area contributed by atoms with Gasteiger partial charge in [0.15, 0.2) is 12.2 Å². The number of benzene rings is 1. The van der Waals surface area contributed by atoms with E-state index in [1.54, 1.807) is 29.7 Å². The second-order valence-electron chi connectivity index (χ2n) is 7.57. The van der Waals surface area contributed by atoms with Crippen molar-refractivity contribution in [1.29, 1.82) is 5.41 Å². The third-order valence-electron chi connectivity index (χ3n) is 5.14. The molecule has 1 aromatic heterocycles. The van der Waals surface area contributed by atoms with E-state index in [0.29, 0.717) is 21.8 Å². The van der Waals surface area contributed by atoms with Gasteiger partial charge in [0.05, 0.1) is 16.3 Å². The number of rotatable bonds is 8. The quantitative estimate of drug-likeness (QED) is 0.369. The Morgan fingerprint density at radius 3 is 2.81 bits per heavy atom. The SMILES string of the molecule is CN1CCC(NC(=O)C[NH2+]C=C(C=N)c2ccc(Cl)c(NC(=O)c3coc(N)n3)c2)CC1. The Labute approximate surface area is 190 Å². The number of carbonyl (C=O) groups is 2. The molecule has 3 rings (SSSR count). The Kier molecular flexibility index (Phi) is 7.98. The number of nitrogens with one attached hydrogen (secondary N) is 3. The molecule has 1 aromatic carbocycles. The molecular formula is C21H27ClN7O3+. The van der Waals surface area contributed by atoms with E-state index in [-0.39, 0.29) is 30.2 Å². The zero-order valence-corrected chi connectivity index (χ0v) is 18.5. The van der Waals surface area contributed by atoms with E-state index in [9.17, 15) is 9.59 Å². The fraction of sp³-hybridized carbons (Fsp3) is 0.333. The number of nitrogen functional groups attached to an aromatic ring is 1. The average molecular weight is 461 g/mol. The Hall–Kier alpha value is -3.21. The van der Waals surface area contributed by atoms with Gasteiger partial charge in [0, 0.05) is 12.3 Å². The van der Waals surface area contributed by atoms with Gasteiger partial charge in [0.1, 0.15) is 12.5 Å². The Morgan fingerprint density at radius 1 is 1.41 bits per heavy atom. The van der Waals surface area contributed by atoms with Crippen molar-refractivity contribution in [1.82, 2.24) is 15.2 Å². The number of amides is 2. The summed E-state index contributed by atoms with van der Waals surface area (Å²) in [6, 6.07) is 5.09. The van der Waals surface area contributed by atoms with Crippen molar-refractivity contribution in [2.24, 2.45) is 0 Å². The summed E-state index contributed by atoms with van der Waals surface area (Å²) in [5.74, 6) is -0.571. The zero-order chi connectivity index (χ0) is 23.1. The molecule has 2 amide bonds. The number of oxazole rings is 1. The fourth-order valence-corrected chi connectivity index (χ4v) is 3.50. The molecular weight excluding hydrogens is 434 g/mol. The third kappa shape index (κ3) is 6.39. The second-order valence-corrected chi connectivity index (χ2v) is 7.98. The first-order valence-electron chi connectivity index (χ1n) is 10.2. The molecule has 0 unspecified atom stereocenters. The van der Waals surface area contributed by atoms with Crippen molar-refractivity contribution in [3.05, 3.63) is 46.9 Å². The summed E-state index contributed by atoms with van der Waals surface area (Å²) in [5, 5.41) is 15.5. The summed E-state index contributed by atoms with van der Waals surface area (Å²) in [5.41, 5.74) is 6.99. The van der Waals surface area contributed by atoms with Crippen LogP contribution in [0, 0.1) is 5.41 Å². The van der Waals surface area contributed by atoms with Gasteiger partial charge in [-0.2, -0.15) is 4.98 Å². The van der Waals surface area contributed by atoms with Crippen LogP contribution >= 0.6 is 11.6 Å². The minimum Gasteiger partial charge on any atom is -0.431 e. The number of quaternary nitrogens is 1. The van der Waals surface area contributed by atoms with Crippen LogP contribution in [-0.4, -0.2) is 60.6 Å². The zero-order valence-electron chi connectivity index (χ0n) is 17.7. The lowest BCUT2D eigenvalue weighted by Crippen LogP contribution is -2.81. The monoisotopic (exact) mass is 460 g/mol. The molecule has 0 atom stereocenters. The van der Waals surface area contributed by atoms with Gasteiger partial charge in [-0.1, -0.05) is 17.7 Å². The number of allylic oxidation sites excluding steroid dienone is 1. The molecule has 0 bridgehead atoms. The average Bonchev–Trinajstić information content (AvgIpc) is 3.21. The lowest BCUT2D eigenvalue weighted by molar-refractivity contribution is -0.575. The van der Waals surface area contributed by atoms with Gasteiger partial charge in [0.25, 0.3) is 17.8 Å². The van der Waals surface area contributed by atoms with Gasteiger partial charge in [0.2, 0.25) is 0 Å². The standard InChI is InChI=1S/C21H26ClN7O3/c1-29-6-4-15(5-7-29)26-19(30)11-25-10-14(9-23)13-2-3-16(22)17(8-13)27-20(31)18-12-32-21(24)28-18/h2-3,8-10,12,15,23,25H,4-7,11H2,1H3,(H2,24,28)(H,26,30)(H,27,31)/p+1. The number of nitrogens with two attached hydrogens (primary N) is 2. The highest BCUT2D eigenvalue weighted by Gasteiger charge is 2.19. The van der Waals surface area contributed by atoms with Crippen molar-refractivity contribution >= 4 is 46.9 Å². The second kappa shape index (κ2) is 10.9. The number of hydrogen-bond acceptors (Lipinski definition) is 7. The number of aromatic nitrogens is 1. The lowest BCUT2D eigenvalue weighted by Gasteiger charge is -2.29. The van der Waals surface area contributed by atoms with Crippen LogP contribution in [0.3, 0.4) is 0 Å². The van der Waals surface area contributed by atoms with Gasteiger partial charge >= 0.3 is 0 Å². The number of halogens is 1. The van der Waals surface area contributed by atoms with Crippen LogP contribution in [0.5, 0.6) is 0 Å². The van der Waals surface area contributed by atoms with E-state index in [4.69, 9.17) is 27.2 Å². The molecule has 1 aliphatic rings. The summed E-state index contributed by atoms with van der Waals surface area (Å²) >= 11 is 6.20. The summed E-state index contributed by atoms with van der Waals surface area (Å²) in [6.07, 6.45) is 5.93. The van der Waals surface area contributed by atoms with Crippen LogP contribution in [0.2, 0.25) is 5.02 Å². The molecule has 170 valence electrons. The molecule has 7 N–H and O–H groups in total. The summed E-state index contributed by atoms with van der Waals surface area (Å²) < 4.78 is 4.84. The smallest absolute Gasteiger partial charge is 0.292 e. The molecule has 1 aliphatic heterocycles. The Bertz CT molecular complexity index is 1010. The molecule has 11 heteroatoms. The highest BCUT2D eigenvalue weighted by atomic mass is 35.5. The number of piperidine rings is 1. The number of hydrogen-bond donors (Lipinski definition) is 5. The van der Waals surface area contributed by atoms with Crippen molar-refractivity contribution in [2.45, 2.75) is 18.9 Å². The summed E-state index contributed by atoms with van der Waals surface area (Å²) in [7, 11) is 2.08. The molecule has 0 radical (unpaired) electrons. The van der Waals surface area contributed by atoms with Gasteiger partial charge < -0.3 is 36.4 Å². The number of nitrogens with zero attached hydrogens (tertiary/aromatic N) is 2.